The number of hydrogen-bond acceptors (Lipinski definition) is 10. The summed E-state index contributed by atoms with van der Waals surface area (Å²) in [5.74, 6) is -3.05. The molecule has 0 aliphatic heterocycles. The van der Waals surface area contributed by atoms with Crippen LogP contribution in [0.4, 0.5) is 51.4 Å². The van der Waals surface area contributed by atoms with Gasteiger partial charge in [0.25, 0.3) is 0 Å². The van der Waals surface area contributed by atoms with E-state index in [1.165, 1.54) is 48.7 Å². The lowest BCUT2D eigenvalue weighted by atomic mass is 9.96. The molecule has 4 N–H and O–H groups in total. The van der Waals surface area contributed by atoms with Crippen LogP contribution in [0, 0.1) is 31.3 Å². The first-order chi connectivity index (χ1) is 28.8. The van der Waals surface area contributed by atoms with Gasteiger partial charge in [0.05, 0.1) is 22.5 Å². The average molecular weight is 849 g/mol. The minimum atomic E-state index is -4.87. The maximum atomic E-state index is 16.8. The molecule has 0 bridgehead atoms. The Morgan fingerprint density at radius 1 is 0.590 bits per heavy atom. The molecule has 2 aromatic carbocycles. The summed E-state index contributed by atoms with van der Waals surface area (Å²) in [5, 5.41) is 8.71. The molecular formula is C40H29F9N12. The van der Waals surface area contributed by atoms with Crippen LogP contribution in [-0.4, -0.2) is 49.1 Å². The molecule has 312 valence electrons. The summed E-state index contributed by atoms with van der Waals surface area (Å²) in [6.07, 6.45) is -9.56. The Morgan fingerprint density at radius 3 is 1.64 bits per heavy atom. The van der Waals surface area contributed by atoms with Gasteiger partial charge in [0.2, 0.25) is 11.9 Å². The number of hydrogen-bond donors (Lipinski definition) is 2. The highest BCUT2D eigenvalue weighted by atomic mass is 19.4. The van der Waals surface area contributed by atoms with Crippen LogP contribution in [0.2, 0.25) is 0 Å². The van der Waals surface area contributed by atoms with Crippen LogP contribution in [0.5, 0.6) is 0 Å². The van der Waals surface area contributed by atoms with Gasteiger partial charge in [0, 0.05) is 41.4 Å². The number of rotatable bonds is 8. The predicted molar refractivity (Wildman–Crippen MR) is 204 cm³/mol. The molecule has 21 heteroatoms. The Morgan fingerprint density at radius 2 is 1.11 bits per heavy atom. The number of nitrogens with zero attached hydrogens (tertiary/aromatic N) is 10. The zero-order valence-corrected chi connectivity index (χ0v) is 31.9. The number of alkyl halides is 6. The molecule has 8 aromatic rings. The van der Waals surface area contributed by atoms with E-state index in [9.17, 15) is 30.7 Å². The number of aromatic nitrogens is 10. The van der Waals surface area contributed by atoms with Crippen LogP contribution in [0.25, 0.3) is 56.1 Å². The van der Waals surface area contributed by atoms with Crippen molar-refractivity contribution in [2.45, 2.75) is 52.4 Å². The topological polar surface area (TPSA) is 164 Å². The smallest absolute Gasteiger partial charge is 0.368 e. The summed E-state index contributed by atoms with van der Waals surface area (Å²) in [4.78, 5) is 24.9. The molecule has 0 atom stereocenters. The van der Waals surface area contributed by atoms with Crippen molar-refractivity contribution in [1.29, 1.82) is 0 Å². The third-order valence-corrected chi connectivity index (χ3v) is 9.63. The molecule has 6 aromatic heterocycles. The van der Waals surface area contributed by atoms with Gasteiger partial charge in [-0.25, -0.2) is 43.1 Å². The second-order valence-corrected chi connectivity index (χ2v) is 13.9. The van der Waals surface area contributed by atoms with Crippen LogP contribution in [0.15, 0.2) is 60.7 Å². The fourth-order valence-corrected chi connectivity index (χ4v) is 6.98. The highest BCUT2D eigenvalue weighted by molar-refractivity contribution is 5.92. The van der Waals surface area contributed by atoms with Crippen molar-refractivity contribution in [3.63, 3.8) is 0 Å². The number of fused-ring (bicyclic) bond motifs is 2. The van der Waals surface area contributed by atoms with Crippen molar-refractivity contribution < 1.29 is 39.5 Å². The molecule has 12 nitrogen and oxygen atoms in total. The minimum Gasteiger partial charge on any atom is -0.368 e. The third kappa shape index (κ3) is 7.50. The van der Waals surface area contributed by atoms with Crippen molar-refractivity contribution in [3.05, 3.63) is 118 Å². The summed E-state index contributed by atoms with van der Waals surface area (Å²) < 4.78 is 132. The summed E-state index contributed by atoms with van der Waals surface area (Å²) in [5.41, 5.74) is 8.94. The lowest BCUT2D eigenvalue weighted by Gasteiger charge is -2.16. The number of halogens is 9. The van der Waals surface area contributed by atoms with Gasteiger partial charge in [0.1, 0.15) is 28.8 Å². The second-order valence-electron chi connectivity index (χ2n) is 13.9. The molecule has 0 radical (unpaired) electrons. The molecule has 0 fully saturated rings. The van der Waals surface area contributed by atoms with Gasteiger partial charge in [0.15, 0.2) is 22.9 Å². The second kappa shape index (κ2) is 14.8. The van der Waals surface area contributed by atoms with Gasteiger partial charge in [-0.1, -0.05) is 19.1 Å². The van der Waals surface area contributed by atoms with E-state index in [0.29, 0.717) is 18.3 Å². The molecule has 0 saturated heterocycles. The number of nitrogens with two attached hydrogens (primary N) is 2. The van der Waals surface area contributed by atoms with E-state index in [4.69, 9.17) is 11.5 Å². The number of pyridine rings is 2. The third-order valence-electron chi connectivity index (χ3n) is 9.63. The van der Waals surface area contributed by atoms with E-state index in [1.807, 2.05) is 0 Å². The van der Waals surface area contributed by atoms with Crippen molar-refractivity contribution in [2.75, 3.05) is 11.5 Å². The van der Waals surface area contributed by atoms with E-state index in [2.05, 4.69) is 40.1 Å². The summed E-state index contributed by atoms with van der Waals surface area (Å²) in [6.45, 7) is 4.47. The molecule has 0 aliphatic carbocycles. The molecule has 0 amide bonds. The number of anilines is 2. The zero-order valence-electron chi connectivity index (χ0n) is 31.9. The SMILES string of the molecule is CCc1nc2c(-c3cc(C)nc(C(F)(F)F)c3)c(-c3cccc(CCc4nc5c(-c6cc(C)nc(C(F)(F)F)c6)c(-c6ccc(F)cc6F)nc(N)n5n4)c3F)nc(N)n2n1. The summed E-state index contributed by atoms with van der Waals surface area (Å²) in [6, 6.07) is 11.1. The van der Waals surface area contributed by atoms with Crippen LogP contribution in [-0.2, 0) is 31.6 Å². The fourth-order valence-electron chi connectivity index (χ4n) is 6.98. The Kier molecular flexibility index (Phi) is 9.86. The maximum absolute atomic E-state index is 16.8. The Bertz CT molecular complexity index is 3050. The van der Waals surface area contributed by atoms with Gasteiger partial charge in [-0.2, -0.15) is 35.4 Å². The molecule has 6 heterocycles. The Balaban J connectivity index is 1.24. The van der Waals surface area contributed by atoms with Crippen LogP contribution in [0.1, 0.15) is 46.9 Å². The van der Waals surface area contributed by atoms with Crippen molar-refractivity contribution in [2.24, 2.45) is 0 Å². The van der Waals surface area contributed by atoms with E-state index < -0.39 is 41.2 Å². The minimum absolute atomic E-state index is 0.0133. The highest BCUT2D eigenvalue weighted by Crippen LogP contribution is 2.41. The van der Waals surface area contributed by atoms with E-state index in [0.717, 1.165) is 28.8 Å². The normalized spacial score (nSPS) is 12.3. The zero-order chi connectivity index (χ0) is 43.7. The Labute approximate surface area is 338 Å². The first-order valence-electron chi connectivity index (χ1n) is 18.3. The van der Waals surface area contributed by atoms with E-state index in [1.54, 1.807) is 6.92 Å². The van der Waals surface area contributed by atoms with Crippen molar-refractivity contribution in [3.8, 4) is 44.8 Å². The van der Waals surface area contributed by atoms with Gasteiger partial charge >= 0.3 is 12.4 Å². The molecule has 61 heavy (non-hydrogen) atoms. The van der Waals surface area contributed by atoms with Gasteiger partial charge < -0.3 is 11.5 Å². The maximum Gasteiger partial charge on any atom is 0.433 e. The van der Waals surface area contributed by atoms with Crippen LogP contribution in [0.3, 0.4) is 0 Å². The number of nitrogen functional groups attached to an aromatic ring is 2. The summed E-state index contributed by atoms with van der Waals surface area (Å²) >= 11 is 0. The van der Waals surface area contributed by atoms with Crippen LogP contribution < -0.4 is 11.5 Å². The average Bonchev–Trinajstić information content (AvgIpc) is 3.82. The molecular weight excluding hydrogens is 820 g/mol. The highest BCUT2D eigenvalue weighted by Gasteiger charge is 2.35. The molecule has 0 aliphatic rings. The first-order valence-corrected chi connectivity index (χ1v) is 18.3. The van der Waals surface area contributed by atoms with E-state index in [-0.39, 0.29) is 104 Å². The largest absolute Gasteiger partial charge is 0.433 e. The van der Waals surface area contributed by atoms with Crippen LogP contribution >= 0.6 is 0 Å². The van der Waals surface area contributed by atoms with Gasteiger partial charge in [-0.3, -0.25) is 0 Å². The van der Waals surface area contributed by atoms with E-state index >= 15 is 8.78 Å². The quantitative estimate of drug-likeness (QED) is 0.142. The van der Waals surface area contributed by atoms with Gasteiger partial charge in [-0.05, 0) is 79.4 Å². The lowest BCUT2D eigenvalue weighted by molar-refractivity contribution is -0.142. The fraction of sp³-hybridized carbons (Fsp3) is 0.200. The monoisotopic (exact) mass is 848 g/mol. The molecule has 0 saturated carbocycles. The van der Waals surface area contributed by atoms with Crippen molar-refractivity contribution >= 4 is 23.2 Å². The Hall–Kier alpha value is -7.19. The first kappa shape index (κ1) is 40.6. The molecule has 0 unspecified atom stereocenters. The standard InChI is InChI=1S/C40H29F9N12/c1-4-28-54-35-31(21-13-18(3)53-27(15-21)40(47,48)49)34(57-38(51)60(35)58-28)24-7-5-6-19(32(24)43)8-11-29-55-36-30(20-12-17(2)52-26(14-20)39(44,45)46)33(56-37(50)61(36)59-29)23-10-9-22(41)16-25(23)42/h5-7,9-10,12-16H,4,8,11H2,1-3H3,(H2,50,56)(H2,51,57). The predicted octanol–water partition coefficient (Wildman–Crippen LogP) is 8.60. The number of aryl methyl sites for hydroxylation is 5. The molecule has 8 rings (SSSR count). The number of benzene rings is 2. The van der Waals surface area contributed by atoms with Gasteiger partial charge in [-0.15, -0.1) is 10.2 Å². The van der Waals surface area contributed by atoms with Crippen molar-refractivity contribution in [1.82, 2.24) is 49.1 Å². The molecule has 0 spiro atoms. The lowest BCUT2D eigenvalue weighted by Crippen LogP contribution is -2.10. The summed E-state index contributed by atoms with van der Waals surface area (Å²) in [7, 11) is 0.